The molecule has 0 saturated carbocycles. The van der Waals surface area contributed by atoms with Crippen LogP contribution in [0.4, 0.5) is 11.6 Å². The summed E-state index contributed by atoms with van der Waals surface area (Å²) in [7, 11) is 1.98. The molecule has 0 bridgehead atoms. The molecular formula is C13H17N3. The predicted molar refractivity (Wildman–Crippen MR) is 67.1 cm³/mol. The van der Waals surface area contributed by atoms with Crippen molar-refractivity contribution in [3.05, 3.63) is 41.2 Å². The van der Waals surface area contributed by atoms with Crippen LogP contribution in [0.25, 0.3) is 0 Å². The molecule has 0 amide bonds. The van der Waals surface area contributed by atoms with Gasteiger partial charge in [0.15, 0.2) is 0 Å². The van der Waals surface area contributed by atoms with Crippen LogP contribution in [0, 0.1) is 20.8 Å². The Kier molecular flexibility index (Phi) is 2.69. The highest BCUT2D eigenvalue weighted by molar-refractivity contribution is 5.63. The highest BCUT2D eigenvalue weighted by Gasteiger charge is 2.06. The van der Waals surface area contributed by atoms with Crippen LogP contribution in [-0.4, -0.2) is 9.55 Å². The van der Waals surface area contributed by atoms with Crippen LogP contribution in [0.15, 0.2) is 24.5 Å². The maximum Gasteiger partial charge on any atom is 0.207 e. The Morgan fingerprint density at radius 2 is 1.75 bits per heavy atom. The van der Waals surface area contributed by atoms with Crippen molar-refractivity contribution in [3.63, 3.8) is 0 Å². The molecule has 0 aliphatic rings. The van der Waals surface area contributed by atoms with E-state index in [2.05, 4.69) is 43.2 Å². The number of imidazole rings is 1. The lowest BCUT2D eigenvalue weighted by Crippen LogP contribution is -2.02. The van der Waals surface area contributed by atoms with E-state index in [0.29, 0.717) is 0 Å². The monoisotopic (exact) mass is 215 g/mol. The summed E-state index contributed by atoms with van der Waals surface area (Å²) in [5.41, 5.74) is 4.95. The molecule has 0 fully saturated rings. The van der Waals surface area contributed by atoms with Crippen molar-refractivity contribution in [3.8, 4) is 0 Å². The van der Waals surface area contributed by atoms with E-state index >= 15 is 0 Å². The van der Waals surface area contributed by atoms with E-state index in [1.54, 1.807) is 6.20 Å². The first-order valence-corrected chi connectivity index (χ1v) is 5.40. The number of nitrogens with one attached hydrogen (secondary N) is 1. The van der Waals surface area contributed by atoms with E-state index in [9.17, 15) is 0 Å². The fraction of sp³-hybridized carbons (Fsp3) is 0.308. The van der Waals surface area contributed by atoms with Gasteiger partial charge in [0.1, 0.15) is 0 Å². The van der Waals surface area contributed by atoms with Crippen molar-refractivity contribution >= 4 is 11.6 Å². The fourth-order valence-corrected chi connectivity index (χ4v) is 1.98. The number of hydrogen-bond acceptors (Lipinski definition) is 2. The first-order chi connectivity index (χ1) is 7.58. The van der Waals surface area contributed by atoms with Crippen LogP contribution in [0.1, 0.15) is 16.7 Å². The molecule has 3 nitrogen and oxygen atoms in total. The molecule has 0 atom stereocenters. The Morgan fingerprint density at radius 3 is 2.25 bits per heavy atom. The number of rotatable bonds is 2. The summed E-state index contributed by atoms with van der Waals surface area (Å²) < 4.78 is 1.97. The summed E-state index contributed by atoms with van der Waals surface area (Å²) in [5, 5.41) is 3.37. The van der Waals surface area contributed by atoms with Crippen LogP contribution in [0.3, 0.4) is 0 Å². The molecule has 0 aliphatic carbocycles. The molecule has 0 aliphatic heterocycles. The van der Waals surface area contributed by atoms with Crippen LogP contribution in [-0.2, 0) is 7.05 Å². The van der Waals surface area contributed by atoms with Crippen molar-refractivity contribution in [2.45, 2.75) is 20.8 Å². The average molecular weight is 215 g/mol. The van der Waals surface area contributed by atoms with Crippen molar-refractivity contribution < 1.29 is 0 Å². The van der Waals surface area contributed by atoms with Crippen LogP contribution in [0.5, 0.6) is 0 Å². The average Bonchev–Trinajstić information content (AvgIpc) is 2.57. The van der Waals surface area contributed by atoms with Gasteiger partial charge in [0, 0.05) is 25.1 Å². The van der Waals surface area contributed by atoms with Crippen molar-refractivity contribution in [1.82, 2.24) is 9.55 Å². The Labute approximate surface area is 96.1 Å². The summed E-state index contributed by atoms with van der Waals surface area (Å²) in [5.74, 6) is 0.870. The second kappa shape index (κ2) is 4.00. The number of benzene rings is 1. The van der Waals surface area contributed by atoms with E-state index in [-0.39, 0.29) is 0 Å². The molecule has 2 aromatic rings. The zero-order chi connectivity index (χ0) is 11.7. The van der Waals surface area contributed by atoms with Crippen LogP contribution in [0.2, 0.25) is 0 Å². The second-order valence-electron chi connectivity index (χ2n) is 4.26. The van der Waals surface area contributed by atoms with Gasteiger partial charge in [0.25, 0.3) is 0 Å². The third kappa shape index (κ3) is 1.94. The Balaban J connectivity index is 2.39. The summed E-state index contributed by atoms with van der Waals surface area (Å²) in [4.78, 5) is 4.27. The summed E-state index contributed by atoms with van der Waals surface area (Å²) in [6, 6.07) is 4.36. The zero-order valence-electron chi connectivity index (χ0n) is 10.2. The quantitative estimate of drug-likeness (QED) is 0.834. The normalized spacial score (nSPS) is 10.5. The molecule has 1 aromatic carbocycles. The topological polar surface area (TPSA) is 29.9 Å². The van der Waals surface area contributed by atoms with Gasteiger partial charge < -0.3 is 9.88 Å². The van der Waals surface area contributed by atoms with E-state index in [4.69, 9.17) is 0 Å². The molecule has 0 spiro atoms. The second-order valence-corrected chi connectivity index (χ2v) is 4.26. The third-order valence-corrected chi connectivity index (χ3v) is 2.74. The number of nitrogens with zero attached hydrogens (tertiary/aromatic N) is 2. The van der Waals surface area contributed by atoms with Gasteiger partial charge in [0.05, 0.1) is 0 Å². The Morgan fingerprint density at radius 1 is 1.12 bits per heavy atom. The molecule has 1 N–H and O–H groups in total. The molecular weight excluding hydrogens is 198 g/mol. The predicted octanol–water partition coefficient (Wildman–Crippen LogP) is 3.09. The standard InChI is InChI=1S/C13H17N3/c1-9-7-10(2)12(11(3)8-9)15-13-14-5-6-16(13)4/h5-8H,1-4H3,(H,14,15). The minimum absolute atomic E-state index is 0.870. The van der Waals surface area contributed by atoms with E-state index in [1.807, 2.05) is 17.8 Å². The van der Waals surface area contributed by atoms with Crippen molar-refractivity contribution in [2.75, 3.05) is 5.32 Å². The van der Waals surface area contributed by atoms with Gasteiger partial charge >= 0.3 is 0 Å². The first-order valence-electron chi connectivity index (χ1n) is 5.40. The lowest BCUT2D eigenvalue weighted by Gasteiger charge is -2.13. The van der Waals surface area contributed by atoms with Gasteiger partial charge in [-0.3, -0.25) is 0 Å². The Bertz CT molecular complexity index is 489. The van der Waals surface area contributed by atoms with Gasteiger partial charge in [-0.05, 0) is 31.9 Å². The number of hydrogen-bond donors (Lipinski definition) is 1. The smallest absolute Gasteiger partial charge is 0.207 e. The molecule has 0 saturated heterocycles. The maximum absolute atomic E-state index is 4.27. The van der Waals surface area contributed by atoms with Crippen molar-refractivity contribution in [1.29, 1.82) is 0 Å². The largest absolute Gasteiger partial charge is 0.325 e. The van der Waals surface area contributed by atoms with E-state index in [0.717, 1.165) is 11.6 Å². The molecule has 1 aromatic heterocycles. The zero-order valence-corrected chi connectivity index (χ0v) is 10.2. The minimum Gasteiger partial charge on any atom is -0.325 e. The highest BCUT2D eigenvalue weighted by Crippen LogP contribution is 2.24. The van der Waals surface area contributed by atoms with Gasteiger partial charge in [-0.15, -0.1) is 0 Å². The summed E-state index contributed by atoms with van der Waals surface area (Å²) in [6.45, 7) is 6.35. The molecule has 0 unspecified atom stereocenters. The first kappa shape index (κ1) is 10.7. The van der Waals surface area contributed by atoms with Gasteiger partial charge in [0.2, 0.25) is 5.95 Å². The highest BCUT2D eigenvalue weighted by atomic mass is 15.2. The lowest BCUT2D eigenvalue weighted by atomic mass is 10.1. The summed E-state index contributed by atoms with van der Waals surface area (Å²) in [6.07, 6.45) is 3.72. The number of anilines is 2. The van der Waals surface area contributed by atoms with Crippen LogP contribution >= 0.6 is 0 Å². The van der Waals surface area contributed by atoms with Gasteiger partial charge in [-0.2, -0.15) is 0 Å². The summed E-state index contributed by atoms with van der Waals surface area (Å²) >= 11 is 0. The molecule has 1 heterocycles. The van der Waals surface area contributed by atoms with Gasteiger partial charge in [-0.25, -0.2) is 4.98 Å². The minimum atomic E-state index is 0.870. The number of aryl methyl sites for hydroxylation is 4. The number of aromatic nitrogens is 2. The van der Waals surface area contributed by atoms with E-state index < -0.39 is 0 Å². The van der Waals surface area contributed by atoms with Gasteiger partial charge in [-0.1, -0.05) is 17.7 Å². The lowest BCUT2D eigenvalue weighted by molar-refractivity contribution is 0.923. The van der Waals surface area contributed by atoms with E-state index in [1.165, 1.54) is 16.7 Å². The SMILES string of the molecule is Cc1cc(C)c(Nc2nccn2C)c(C)c1. The van der Waals surface area contributed by atoms with Crippen LogP contribution < -0.4 is 5.32 Å². The molecule has 16 heavy (non-hydrogen) atoms. The molecule has 0 radical (unpaired) electrons. The molecule has 3 heteroatoms. The fourth-order valence-electron chi connectivity index (χ4n) is 1.98. The van der Waals surface area contributed by atoms with Crippen molar-refractivity contribution in [2.24, 2.45) is 7.05 Å². The maximum atomic E-state index is 4.27. The third-order valence-electron chi connectivity index (χ3n) is 2.74. The Hall–Kier alpha value is -1.77. The molecule has 2 rings (SSSR count). The molecule has 84 valence electrons.